The molecule has 1 saturated heterocycles. The number of anilines is 2. The van der Waals surface area contributed by atoms with Crippen molar-refractivity contribution in [1.82, 2.24) is 9.47 Å². The van der Waals surface area contributed by atoms with E-state index in [2.05, 4.69) is 10.0 Å². The molecule has 0 unspecified atom stereocenters. The first-order valence-electron chi connectivity index (χ1n) is 11.0. The third kappa shape index (κ3) is 6.66. The van der Waals surface area contributed by atoms with E-state index < -0.39 is 15.6 Å². The molecule has 0 atom stereocenters. The van der Waals surface area contributed by atoms with Crippen LogP contribution in [0.15, 0.2) is 36.5 Å². The maximum Gasteiger partial charge on any atom is 0.410 e. The predicted octanol–water partition coefficient (Wildman–Crippen LogP) is 3.69. The highest BCUT2D eigenvalue weighted by molar-refractivity contribution is 7.92. The fourth-order valence-corrected chi connectivity index (χ4v) is 4.37. The van der Waals surface area contributed by atoms with E-state index in [1.807, 2.05) is 37.6 Å². The number of hydrogen-bond acceptors (Lipinski definition) is 6. The van der Waals surface area contributed by atoms with E-state index in [4.69, 9.17) is 9.47 Å². The maximum atomic E-state index is 13.0. The molecule has 1 aromatic heterocycles. The second kappa shape index (κ2) is 9.96. The summed E-state index contributed by atoms with van der Waals surface area (Å²) in [4.78, 5) is 27.0. The van der Waals surface area contributed by atoms with Crippen molar-refractivity contribution in [2.75, 3.05) is 36.5 Å². The zero-order valence-electron chi connectivity index (χ0n) is 20.1. The Morgan fingerprint density at radius 2 is 1.79 bits per heavy atom. The van der Waals surface area contributed by atoms with Gasteiger partial charge >= 0.3 is 6.09 Å². The lowest BCUT2D eigenvalue weighted by Crippen LogP contribution is -2.42. The summed E-state index contributed by atoms with van der Waals surface area (Å²) < 4.78 is 38.1. The number of rotatable bonds is 6. The lowest BCUT2D eigenvalue weighted by atomic mass is 10.0. The van der Waals surface area contributed by atoms with Crippen LogP contribution in [0.2, 0.25) is 0 Å². The molecule has 2 heterocycles. The Morgan fingerprint density at radius 3 is 2.38 bits per heavy atom. The molecular weight excluding hydrogens is 460 g/mol. The molecule has 0 spiro atoms. The van der Waals surface area contributed by atoms with E-state index in [9.17, 15) is 18.0 Å². The maximum absolute atomic E-state index is 13.0. The van der Waals surface area contributed by atoms with Crippen molar-refractivity contribution in [1.29, 1.82) is 0 Å². The molecule has 0 radical (unpaired) electrons. The van der Waals surface area contributed by atoms with E-state index in [0.717, 1.165) is 6.26 Å². The van der Waals surface area contributed by atoms with Crippen LogP contribution < -0.4 is 14.8 Å². The molecular formula is C23H32N4O6S. The van der Waals surface area contributed by atoms with Crippen LogP contribution in [-0.4, -0.2) is 61.9 Å². The topological polar surface area (TPSA) is 119 Å². The zero-order valence-corrected chi connectivity index (χ0v) is 20.9. The summed E-state index contributed by atoms with van der Waals surface area (Å²) in [5.41, 5.74) is 0.700. The Kier molecular flexibility index (Phi) is 7.44. The highest BCUT2D eigenvalue weighted by atomic mass is 32.2. The zero-order chi connectivity index (χ0) is 25.1. The van der Waals surface area contributed by atoms with Gasteiger partial charge in [0.15, 0.2) is 0 Å². The van der Waals surface area contributed by atoms with Crippen molar-refractivity contribution in [2.45, 2.75) is 45.3 Å². The first-order valence-corrected chi connectivity index (χ1v) is 12.9. The Labute approximate surface area is 200 Å². The van der Waals surface area contributed by atoms with Gasteiger partial charge in [-0.1, -0.05) is 0 Å². The number of nitrogens with zero attached hydrogens (tertiary/aromatic N) is 2. The summed E-state index contributed by atoms with van der Waals surface area (Å²) in [6, 6.07) is 8.31. The number of hydrogen-bond donors (Lipinski definition) is 2. The van der Waals surface area contributed by atoms with Crippen LogP contribution in [0.5, 0.6) is 5.75 Å². The number of carbonyl (C=O) groups is 2. The van der Waals surface area contributed by atoms with E-state index in [-0.39, 0.29) is 29.5 Å². The summed E-state index contributed by atoms with van der Waals surface area (Å²) in [6.45, 7) is 6.62. The standard InChI is InChI=1S/C23H32N4O6S/c1-23(2,3)33-22(29)26-13-10-17(11-14-26)27-12-6-7-19(27)21(28)24-16-8-9-18(20(15-16)32-4)25-34(5,30)31/h6-9,12,15,17,25H,10-11,13-14H2,1-5H3,(H,24,28). The number of piperidine rings is 1. The van der Waals surface area contributed by atoms with Crippen LogP contribution in [0.4, 0.5) is 16.2 Å². The van der Waals surface area contributed by atoms with Crippen LogP contribution in [0.1, 0.15) is 50.1 Å². The van der Waals surface area contributed by atoms with Gasteiger partial charge in [-0.25, -0.2) is 13.2 Å². The number of methoxy groups -OCH3 is 1. The molecule has 1 aromatic carbocycles. The third-order valence-corrected chi connectivity index (χ3v) is 5.87. The molecule has 0 aliphatic carbocycles. The van der Waals surface area contributed by atoms with Gasteiger partial charge in [0.2, 0.25) is 10.0 Å². The Morgan fingerprint density at radius 1 is 1.12 bits per heavy atom. The largest absolute Gasteiger partial charge is 0.494 e. The highest BCUT2D eigenvalue weighted by Crippen LogP contribution is 2.30. The van der Waals surface area contributed by atoms with Crippen molar-refractivity contribution >= 4 is 33.4 Å². The third-order valence-electron chi connectivity index (χ3n) is 5.28. The van der Waals surface area contributed by atoms with E-state index in [1.165, 1.54) is 13.2 Å². The number of carbonyl (C=O) groups excluding carboxylic acids is 2. The second-order valence-corrected chi connectivity index (χ2v) is 11.0. The van der Waals surface area contributed by atoms with Gasteiger partial charge in [-0.05, 0) is 57.9 Å². The normalized spacial score (nSPS) is 15.0. The second-order valence-electron chi connectivity index (χ2n) is 9.24. The van der Waals surface area contributed by atoms with Gasteiger partial charge in [-0.2, -0.15) is 0 Å². The van der Waals surface area contributed by atoms with Crippen LogP contribution in [0, 0.1) is 0 Å². The fourth-order valence-electron chi connectivity index (χ4n) is 3.81. The molecule has 0 bridgehead atoms. The summed E-state index contributed by atoms with van der Waals surface area (Å²) in [7, 11) is -2.05. The Hall–Kier alpha value is -3.21. The molecule has 2 N–H and O–H groups in total. The molecule has 3 rings (SSSR count). The first-order chi connectivity index (χ1) is 15.9. The number of sulfonamides is 1. The van der Waals surface area contributed by atoms with Crippen LogP contribution in [0.3, 0.4) is 0 Å². The number of benzene rings is 1. The monoisotopic (exact) mass is 492 g/mol. The minimum absolute atomic E-state index is 0.0744. The van der Waals surface area contributed by atoms with E-state index >= 15 is 0 Å². The van der Waals surface area contributed by atoms with Gasteiger partial charge in [0.05, 0.1) is 19.1 Å². The summed E-state index contributed by atoms with van der Waals surface area (Å²) in [5, 5.41) is 2.84. The van der Waals surface area contributed by atoms with Crippen molar-refractivity contribution in [2.24, 2.45) is 0 Å². The van der Waals surface area contributed by atoms with Gasteiger partial charge < -0.3 is 24.3 Å². The Balaban J connectivity index is 1.67. The molecule has 1 aliphatic rings. The number of amides is 2. The predicted molar refractivity (Wildman–Crippen MR) is 130 cm³/mol. The molecule has 10 nitrogen and oxygen atoms in total. The van der Waals surface area contributed by atoms with Crippen molar-refractivity contribution in [3.8, 4) is 5.75 Å². The Bertz CT molecular complexity index is 1140. The van der Waals surface area contributed by atoms with Gasteiger partial charge in [-0.15, -0.1) is 0 Å². The molecule has 1 fully saturated rings. The summed E-state index contributed by atoms with van der Waals surface area (Å²) in [6.07, 6.45) is 4.00. The van der Waals surface area contributed by atoms with E-state index in [1.54, 1.807) is 23.1 Å². The SMILES string of the molecule is COc1cc(NC(=O)c2cccn2C2CCN(C(=O)OC(C)(C)C)CC2)ccc1NS(C)(=O)=O. The van der Waals surface area contributed by atoms with E-state index in [0.29, 0.717) is 37.3 Å². The molecule has 0 saturated carbocycles. The van der Waals surface area contributed by atoms with Crippen molar-refractivity contribution in [3.05, 3.63) is 42.2 Å². The average Bonchev–Trinajstić information content (AvgIpc) is 3.23. The van der Waals surface area contributed by atoms with Gasteiger partial charge in [0, 0.05) is 37.1 Å². The minimum atomic E-state index is -3.47. The first kappa shape index (κ1) is 25.4. The van der Waals surface area contributed by atoms with Gasteiger partial charge in [-0.3, -0.25) is 9.52 Å². The number of nitrogens with one attached hydrogen (secondary N) is 2. The number of likely N-dealkylation sites (tertiary alicyclic amines) is 1. The quantitative estimate of drug-likeness (QED) is 0.635. The molecule has 34 heavy (non-hydrogen) atoms. The van der Waals surface area contributed by atoms with Crippen LogP contribution >= 0.6 is 0 Å². The van der Waals surface area contributed by atoms with Crippen LogP contribution in [-0.2, 0) is 14.8 Å². The minimum Gasteiger partial charge on any atom is -0.494 e. The molecule has 1 aliphatic heterocycles. The summed E-state index contributed by atoms with van der Waals surface area (Å²) >= 11 is 0. The molecule has 2 amide bonds. The van der Waals surface area contributed by atoms with Gasteiger partial charge in [0.1, 0.15) is 17.0 Å². The number of aromatic nitrogens is 1. The molecule has 2 aromatic rings. The lowest BCUT2D eigenvalue weighted by molar-refractivity contribution is 0.0187. The van der Waals surface area contributed by atoms with Crippen molar-refractivity contribution < 1.29 is 27.5 Å². The van der Waals surface area contributed by atoms with Crippen LogP contribution in [0.25, 0.3) is 0 Å². The smallest absolute Gasteiger partial charge is 0.410 e. The van der Waals surface area contributed by atoms with Crippen molar-refractivity contribution in [3.63, 3.8) is 0 Å². The molecule has 186 valence electrons. The number of ether oxygens (including phenoxy) is 2. The summed E-state index contributed by atoms with van der Waals surface area (Å²) in [5.74, 6) is -0.0152. The molecule has 11 heteroatoms. The van der Waals surface area contributed by atoms with Gasteiger partial charge in [0.25, 0.3) is 5.91 Å². The average molecular weight is 493 g/mol. The lowest BCUT2D eigenvalue weighted by Gasteiger charge is -2.34. The fraction of sp³-hybridized carbons (Fsp3) is 0.478. The highest BCUT2D eigenvalue weighted by Gasteiger charge is 2.28.